The highest BCUT2D eigenvalue weighted by Gasteiger charge is 2.10. The number of aryl methyl sites for hydroxylation is 2. The summed E-state index contributed by atoms with van der Waals surface area (Å²) in [6.45, 7) is 2.72. The third-order valence-electron chi connectivity index (χ3n) is 3.24. The summed E-state index contributed by atoms with van der Waals surface area (Å²) in [4.78, 5) is 22.7. The van der Waals surface area contributed by atoms with E-state index in [9.17, 15) is 9.59 Å². The third-order valence-corrected chi connectivity index (χ3v) is 3.24. The molecule has 2 rings (SSSR count). The normalized spacial score (nSPS) is 10.3. The molecular weight excluding hydrogens is 268 g/mol. The number of hydrogen-bond acceptors (Lipinski definition) is 2. The Kier molecular flexibility index (Phi) is 4.77. The van der Waals surface area contributed by atoms with Gasteiger partial charge in [-0.15, -0.1) is 0 Å². The number of nitrogens with one attached hydrogen (secondary N) is 1. The van der Waals surface area contributed by atoms with Gasteiger partial charge >= 0.3 is 5.97 Å². The third kappa shape index (κ3) is 3.95. The van der Waals surface area contributed by atoms with Crippen LogP contribution in [0, 0.1) is 0 Å². The number of carboxylic acids is 1. The Balaban J connectivity index is 2.00. The standard InChI is InChI=1S/C16H18N2O3/c1-2-18-11-3-4-14(18)16(21)17-13-8-5-12(6-9-13)7-10-15(19)20/h3-6,8-9,11H,2,7,10H2,1H3,(H,17,21)(H,19,20). The SMILES string of the molecule is CCn1cccc1C(=O)Nc1ccc(CCC(=O)O)cc1. The Hall–Kier alpha value is -2.56. The highest BCUT2D eigenvalue weighted by Crippen LogP contribution is 2.13. The quantitative estimate of drug-likeness (QED) is 0.857. The number of amides is 1. The lowest BCUT2D eigenvalue weighted by molar-refractivity contribution is -0.136. The number of carbonyl (C=O) groups excluding carboxylic acids is 1. The predicted molar refractivity (Wildman–Crippen MR) is 80.5 cm³/mol. The van der Waals surface area contributed by atoms with E-state index in [1.807, 2.05) is 35.9 Å². The largest absolute Gasteiger partial charge is 0.481 e. The van der Waals surface area contributed by atoms with Gasteiger partial charge in [0.15, 0.2) is 0 Å². The summed E-state index contributed by atoms with van der Waals surface area (Å²) in [7, 11) is 0. The molecule has 0 atom stereocenters. The number of nitrogens with zero attached hydrogens (tertiary/aromatic N) is 1. The fraction of sp³-hybridized carbons (Fsp3) is 0.250. The van der Waals surface area contributed by atoms with Crippen molar-refractivity contribution in [1.82, 2.24) is 4.57 Å². The van der Waals surface area contributed by atoms with Crippen molar-refractivity contribution < 1.29 is 14.7 Å². The Labute approximate surface area is 123 Å². The van der Waals surface area contributed by atoms with Crippen molar-refractivity contribution in [2.75, 3.05) is 5.32 Å². The molecule has 1 aromatic carbocycles. The molecule has 5 nitrogen and oxygen atoms in total. The zero-order valence-electron chi connectivity index (χ0n) is 11.9. The van der Waals surface area contributed by atoms with Crippen LogP contribution >= 0.6 is 0 Å². The Morgan fingerprint density at radius 2 is 1.90 bits per heavy atom. The van der Waals surface area contributed by atoms with E-state index in [2.05, 4.69) is 5.32 Å². The van der Waals surface area contributed by atoms with Gasteiger partial charge in [-0.1, -0.05) is 12.1 Å². The molecule has 0 aliphatic rings. The van der Waals surface area contributed by atoms with E-state index in [1.165, 1.54) is 0 Å². The number of aromatic nitrogens is 1. The minimum Gasteiger partial charge on any atom is -0.481 e. The summed E-state index contributed by atoms with van der Waals surface area (Å²) in [6, 6.07) is 10.9. The van der Waals surface area contributed by atoms with Gasteiger partial charge in [0.05, 0.1) is 0 Å². The lowest BCUT2D eigenvalue weighted by atomic mass is 10.1. The zero-order chi connectivity index (χ0) is 15.2. The van der Waals surface area contributed by atoms with Crippen LogP contribution in [-0.4, -0.2) is 21.6 Å². The van der Waals surface area contributed by atoms with Crippen LogP contribution < -0.4 is 5.32 Å². The number of carbonyl (C=O) groups is 2. The van der Waals surface area contributed by atoms with Gasteiger partial charge in [0.1, 0.15) is 5.69 Å². The molecule has 1 amide bonds. The van der Waals surface area contributed by atoms with Crippen molar-refractivity contribution in [3.8, 4) is 0 Å². The van der Waals surface area contributed by atoms with Crippen molar-refractivity contribution in [2.24, 2.45) is 0 Å². The second-order valence-electron chi connectivity index (χ2n) is 4.72. The maximum atomic E-state index is 12.1. The second kappa shape index (κ2) is 6.74. The lowest BCUT2D eigenvalue weighted by Crippen LogP contribution is -2.16. The fourth-order valence-electron chi connectivity index (χ4n) is 2.10. The van der Waals surface area contributed by atoms with E-state index in [0.29, 0.717) is 17.8 Å². The summed E-state index contributed by atoms with van der Waals surface area (Å²) in [6.07, 6.45) is 2.46. The minimum absolute atomic E-state index is 0.107. The summed E-state index contributed by atoms with van der Waals surface area (Å²) in [5.41, 5.74) is 2.25. The lowest BCUT2D eigenvalue weighted by Gasteiger charge is -2.08. The first-order valence-corrected chi connectivity index (χ1v) is 6.87. The number of rotatable bonds is 6. The van der Waals surface area contributed by atoms with Crippen LogP contribution in [0.5, 0.6) is 0 Å². The van der Waals surface area contributed by atoms with Crippen LogP contribution in [0.25, 0.3) is 0 Å². The molecule has 0 aliphatic carbocycles. The summed E-state index contributed by atoms with van der Waals surface area (Å²) in [5.74, 6) is -0.965. The number of anilines is 1. The van der Waals surface area contributed by atoms with Crippen molar-refractivity contribution >= 4 is 17.6 Å². The number of hydrogen-bond donors (Lipinski definition) is 2. The zero-order valence-corrected chi connectivity index (χ0v) is 11.9. The topological polar surface area (TPSA) is 71.3 Å². The Morgan fingerprint density at radius 1 is 1.19 bits per heavy atom. The molecule has 110 valence electrons. The van der Waals surface area contributed by atoms with Gasteiger partial charge in [-0.3, -0.25) is 9.59 Å². The smallest absolute Gasteiger partial charge is 0.303 e. The average Bonchev–Trinajstić information content (AvgIpc) is 2.95. The number of aliphatic carboxylic acids is 1. The summed E-state index contributed by atoms with van der Waals surface area (Å²) in [5, 5.41) is 11.5. The summed E-state index contributed by atoms with van der Waals surface area (Å²) < 4.78 is 1.87. The number of benzene rings is 1. The van der Waals surface area contributed by atoms with Crippen molar-refractivity contribution in [1.29, 1.82) is 0 Å². The predicted octanol–water partition coefficient (Wildman–Crippen LogP) is 2.78. The van der Waals surface area contributed by atoms with E-state index >= 15 is 0 Å². The van der Waals surface area contributed by atoms with Crippen molar-refractivity contribution in [3.05, 3.63) is 53.9 Å². The van der Waals surface area contributed by atoms with Crippen LogP contribution in [0.2, 0.25) is 0 Å². The molecule has 0 aliphatic heterocycles. The van der Waals surface area contributed by atoms with E-state index in [1.54, 1.807) is 18.2 Å². The molecule has 0 saturated carbocycles. The van der Waals surface area contributed by atoms with Crippen molar-refractivity contribution in [3.63, 3.8) is 0 Å². The van der Waals surface area contributed by atoms with E-state index in [-0.39, 0.29) is 12.3 Å². The molecule has 5 heteroatoms. The minimum atomic E-state index is -0.812. The summed E-state index contributed by atoms with van der Waals surface area (Å²) >= 11 is 0. The first kappa shape index (κ1) is 14.8. The van der Waals surface area contributed by atoms with Crippen LogP contribution in [0.1, 0.15) is 29.4 Å². The molecule has 0 radical (unpaired) electrons. The maximum absolute atomic E-state index is 12.1. The van der Waals surface area contributed by atoms with E-state index in [0.717, 1.165) is 12.1 Å². The Bertz CT molecular complexity index is 629. The highest BCUT2D eigenvalue weighted by molar-refractivity contribution is 6.03. The molecule has 0 bridgehead atoms. The van der Waals surface area contributed by atoms with Crippen LogP contribution in [0.4, 0.5) is 5.69 Å². The molecule has 2 aromatic rings. The highest BCUT2D eigenvalue weighted by atomic mass is 16.4. The molecule has 1 aromatic heterocycles. The molecule has 21 heavy (non-hydrogen) atoms. The van der Waals surface area contributed by atoms with Gasteiger partial charge in [0.2, 0.25) is 0 Å². The van der Waals surface area contributed by atoms with Crippen LogP contribution in [0.15, 0.2) is 42.6 Å². The molecule has 1 heterocycles. The van der Waals surface area contributed by atoms with Gasteiger partial charge < -0.3 is 15.0 Å². The molecular formula is C16H18N2O3. The van der Waals surface area contributed by atoms with Gasteiger partial charge in [0, 0.05) is 24.8 Å². The van der Waals surface area contributed by atoms with Crippen molar-refractivity contribution in [2.45, 2.75) is 26.3 Å². The molecule has 0 unspecified atom stereocenters. The van der Waals surface area contributed by atoms with E-state index < -0.39 is 5.97 Å². The maximum Gasteiger partial charge on any atom is 0.303 e. The van der Waals surface area contributed by atoms with E-state index in [4.69, 9.17) is 5.11 Å². The van der Waals surface area contributed by atoms with Gasteiger partial charge in [0.25, 0.3) is 5.91 Å². The molecule has 0 spiro atoms. The van der Waals surface area contributed by atoms with Gasteiger partial charge in [-0.2, -0.15) is 0 Å². The number of carboxylic acid groups (broad SMARTS) is 1. The molecule has 2 N–H and O–H groups in total. The van der Waals surface area contributed by atoms with Crippen LogP contribution in [-0.2, 0) is 17.8 Å². The molecule has 0 fully saturated rings. The fourth-order valence-corrected chi connectivity index (χ4v) is 2.10. The first-order chi connectivity index (χ1) is 10.1. The second-order valence-corrected chi connectivity index (χ2v) is 4.72. The van der Waals surface area contributed by atoms with Gasteiger partial charge in [-0.25, -0.2) is 0 Å². The van der Waals surface area contributed by atoms with Crippen LogP contribution in [0.3, 0.4) is 0 Å². The Morgan fingerprint density at radius 3 is 2.52 bits per heavy atom. The average molecular weight is 286 g/mol. The monoisotopic (exact) mass is 286 g/mol. The van der Waals surface area contributed by atoms with Gasteiger partial charge in [-0.05, 0) is 43.2 Å². The first-order valence-electron chi connectivity index (χ1n) is 6.87. The molecule has 0 saturated heterocycles.